The Kier molecular flexibility index (Phi) is 5.73. The number of hydrogen-bond acceptors (Lipinski definition) is 6. The van der Waals surface area contributed by atoms with Crippen LogP contribution in [0.15, 0.2) is 42.0 Å². The number of ether oxygens (including phenoxy) is 1. The van der Waals surface area contributed by atoms with Gasteiger partial charge < -0.3 is 15.4 Å². The van der Waals surface area contributed by atoms with Crippen LogP contribution in [0.5, 0.6) is 5.75 Å². The van der Waals surface area contributed by atoms with Crippen molar-refractivity contribution in [3.8, 4) is 5.75 Å². The van der Waals surface area contributed by atoms with Gasteiger partial charge in [-0.05, 0) is 23.3 Å². The molecular formula is C20H17ClN4O3S. The van der Waals surface area contributed by atoms with Gasteiger partial charge in [-0.3, -0.25) is 9.59 Å². The Balaban J connectivity index is 1.35. The van der Waals surface area contributed by atoms with Crippen molar-refractivity contribution in [2.24, 2.45) is 0 Å². The van der Waals surface area contributed by atoms with E-state index in [1.165, 1.54) is 23.7 Å². The number of benzene rings is 1. The monoisotopic (exact) mass is 428 g/mol. The maximum Gasteiger partial charge on any atom is 0.270 e. The molecule has 2 amide bonds. The molecule has 0 radical (unpaired) electrons. The van der Waals surface area contributed by atoms with Crippen LogP contribution in [0, 0.1) is 0 Å². The lowest BCUT2D eigenvalue weighted by Gasteiger charge is -2.07. The summed E-state index contributed by atoms with van der Waals surface area (Å²) in [5.41, 5.74) is 2.38. The molecule has 148 valence electrons. The summed E-state index contributed by atoms with van der Waals surface area (Å²) in [5.74, 6) is 0.143. The molecule has 0 aliphatic carbocycles. The van der Waals surface area contributed by atoms with Crippen molar-refractivity contribution < 1.29 is 14.3 Å². The molecule has 0 unspecified atom stereocenters. The average Bonchev–Trinajstić information content (AvgIpc) is 3.38. The number of nitrogens with one attached hydrogen (secondary N) is 2. The lowest BCUT2D eigenvalue weighted by molar-refractivity contribution is 0.0944. The SMILES string of the molecule is O=C(NCc1ccc2c(c1)CCO2)c1cc(C(=O)NCc2cc(Cl)cs2)ncn1. The highest BCUT2D eigenvalue weighted by Crippen LogP contribution is 2.25. The number of thiophene rings is 1. The highest BCUT2D eigenvalue weighted by atomic mass is 35.5. The minimum atomic E-state index is -0.385. The van der Waals surface area contributed by atoms with E-state index in [4.69, 9.17) is 16.3 Å². The quantitative estimate of drug-likeness (QED) is 0.629. The Labute approximate surface area is 176 Å². The fourth-order valence-electron chi connectivity index (χ4n) is 2.93. The number of amides is 2. The molecule has 1 aromatic carbocycles. The minimum Gasteiger partial charge on any atom is -0.493 e. The van der Waals surface area contributed by atoms with Crippen LogP contribution in [-0.4, -0.2) is 28.4 Å². The molecule has 3 aromatic rings. The number of hydrogen-bond donors (Lipinski definition) is 2. The molecule has 0 atom stereocenters. The molecule has 1 aliphatic rings. The first-order chi connectivity index (χ1) is 14.1. The molecule has 0 bridgehead atoms. The van der Waals surface area contributed by atoms with Crippen molar-refractivity contribution in [3.05, 3.63) is 74.5 Å². The summed E-state index contributed by atoms with van der Waals surface area (Å²) in [5, 5.41) is 8.01. The van der Waals surface area contributed by atoms with E-state index in [9.17, 15) is 9.59 Å². The first kappa shape index (κ1) is 19.4. The summed E-state index contributed by atoms with van der Waals surface area (Å²) in [7, 11) is 0. The Morgan fingerprint density at radius 3 is 2.55 bits per heavy atom. The first-order valence-electron chi connectivity index (χ1n) is 8.94. The number of carbonyl (C=O) groups is 2. The Hall–Kier alpha value is -2.97. The number of fused-ring (bicyclic) bond motifs is 1. The molecular weight excluding hydrogens is 412 g/mol. The van der Waals surface area contributed by atoms with Crippen LogP contribution < -0.4 is 15.4 Å². The number of rotatable bonds is 6. The van der Waals surface area contributed by atoms with Crippen molar-refractivity contribution in [2.75, 3.05) is 6.61 Å². The molecule has 7 nitrogen and oxygen atoms in total. The van der Waals surface area contributed by atoms with Gasteiger partial charge in [-0.1, -0.05) is 23.7 Å². The predicted octanol–water partition coefficient (Wildman–Crippen LogP) is 2.99. The molecule has 2 aromatic heterocycles. The molecule has 4 rings (SSSR count). The second-order valence-electron chi connectivity index (χ2n) is 6.43. The van der Waals surface area contributed by atoms with Gasteiger partial charge in [-0.2, -0.15) is 0 Å². The van der Waals surface area contributed by atoms with Gasteiger partial charge in [-0.25, -0.2) is 9.97 Å². The summed E-state index contributed by atoms with van der Waals surface area (Å²) >= 11 is 7.33. The Bertz CT molecular complexity index is 1070. The summed E-state index contributed by atoms with van der Waals surface area (Å²) in [4.78, 5) is 33.6. The predicted molar refractivity (Wildman–Crippen MR) is 109 cm³/mol. The third-order valence-corrected chi connectivity index (χ3v) is 5.67. The molecule has 1 aliphatic heterocycles. The van der Waals surface area contributed by atoms with Gasteiger partial charge in [0.05, 0.1) is 18.2 Å². The topological polar surface area (TPSA) is 93.2 Å². The van der Waals surface area contributed by atoms with E-state index >= 15 is 0 Å². The summed E-state index contributed by atoms with van der Waals surface area (Å²) < 4.78 is 5.49. The van der Waals surface area contributed by atoms with Crippen LogP contribution in [0.4, 0.5) is 0 Å². The standard InChI is InChI=1S/C20H17ClN4O3S/c21-14-6-15(29-10-14)9-23-20(27)17-7-16(24-11-25-17)19(26)22-8-12-1-2-18-13(5-12)3-4-28-18/h1-2,5-7,10-11H,3-4,8-9H2,(H,22,26)(H,23,27). The van der Waals surface area contributed by atoms with Gasteiger partial charge in [-0.15, -0.1) is 11.3 Å². The van der Waals surface area contributed by atoms with Crippen LogP contribution in [0.3, 0.4) is 0 Å². The largest absolute Gasteiger partial charge is 0.493 e. The highest BCUT2D eigenvalue weighted by Gasteiger charge is 2.15. The van der Waals surface area contributed by atoms with Gasteiger partial charge in [0.2, 0.25) is 0 Å². The van der Waals surface area contributed by atoms with Gasteiger partial charge in [0.15, 0.2) is 0 Å². The first-order valence-corrected chi connectivity index (χ1v) is 10.2. The highest BCUT2D eigenvalue weighted by molar-refractivity contribution is 7.10. The third-order valence-electron chi connectivity index (χ3n) is 4.38. The fraction of sp³-hybridized carbons (Fsp3) is 0.200. The lowest BCUT2D eigenvalue weighted by atomic mass is 10.1. The van der Waals surface area contributed by atoms with Crippen molar-refractivity contribution in [1.29, 1.82) is 0 Å². The van der Waals surface area contributed by atoms with Gasteiger partial charge in [0.25, 0.3) is 11.8 Å². The Morgan fingerprint density at radius 1 is 1.07 bits per heavy atom. The van der Waals surface area contributed by atoms with Gasteiger partial charge in [0.1, 0.15) is 23.5 Å². The van der Waals surface area contributed by atoms with E-state index in [2.05, 4.69) is 20.6 Å². The van der Waals surface area contributed by atoms with Crippen LogP contribution in [0.25, 0.3) is 0 Å². The van der Waals surface area contributed by atoms with E-state index in [-0.39, 0.29) is 23.2 Å². The van der Waals surface area contributed by atoms with E-state index < -0.39 is 0 Å². The summed E-state index contributed by atoms with van der Waals surface area (Å²) in [6, 6.07) is 9.02. The van der Waals surface area contributed by atoms with E-state index in [1.807, 2.05) is 18.2 Å². The van der Waals surface area contributed by atoms with E-state index in [0.29, 0.717) is 24.7 Å². The number of halogens is 1. The second kappa shape index (κ2) is 8.59. The van der Waals surface area contributed by atoms with Crippen LogP contribution in [0.2, 0.25) is 5.02 Å². The van der Waals surface area contributed by atoms with Crippen molar-refractivity contribution >= 4 is 34.8 Å². The average molecular weight is 429 g/mol. The maximum atomic E-state index is 12.4. The van der Waals surface area contributed by atoms with Crippen molar-refractivity contribution in [1.82, 2.24) is 20.6 Å². The molecule has 3 heterocycles. The number of nitrogens with zero attached hydrogens (tertiary/aromatic N) is 2. The Morgan fingerprint density at radius 2 is 1.83 bits per heavy atom. The smallest absolute Gasteiger partial charge is 0.270 e. The van der Waals surface area contributed by atoms with Crippen LogP contribution in [0.1, 0.15) is 37.0 Å². The third kappa shape index (κ3) is 4.72. The summed E-state index contributed by atoms with van der Waals surface area (Å²) in [6.45, 7) is 1.39. The van der Waals surface area contributed by atoms with Gasteiger partial charge >= 0.3 is 0 Å². The lowest BCUT2D eigenvalue weighted by Crippen LogP contribution is -2.27. The zero-order chi connectivity index (χ0) is 20.2. The molecule has 9 heteroatoms. The van der Waals surface area contributed by atoms with E-state index in [0.717, 1.165) is 28.2 Å². The van der Waals surface area contributed by atoms with Crippen molar-refractivity contribution in [3.63, 3.8) is 0 Å². The molecule has 2 N–H and O–H groups in total. The molecule has 0 saturated heterocycles. The zero-order valence-corrected chi connectivity index (χ0v) is 16.8. The van der Waals surface area contributed by atoms with Crippen LogP contribution >= 0.6 is 22.9 Å². The number of aromatic nitrogens is 2. The molecule has 29 heavy (non-hydrogen) atoms. The van der Waals surface area contributed by atoms with E-state index in [1.54, 1.807) is 11.4 Å². The minimum absolute atomic E-state index is 0.127. The van der Waals surface area contributed by atoms with Crippen LogP contribution in [-0.2, 0) is 19.5 Å². The molecule has 0 spiro atoms. The maximum absolute atomic E-state index is 12.4. The fourth-order valence-corrected chi connectivity index (χ4v) is 3.95. The van der Waals surface area contributed by atoms with Crippen molar-refractivity contribution in [2.45, 2.75) is 19.5 Å². The normalized spacial score (nSPS) is 12.2. The molecule has 0 saturated carbocycles. The molecule has 0 fully saturated rings. The second-order valence-corrected chi connectivity index (χ2v) is 7.86. The van der Waals surface area contributed by atoms with Gasteiger partial charge in [0, 0.05) is 29.3 Å². The number of carbonyl (C=O) groups excluding carboxylic acids is 2. The zero-order valence-electron chi connectivity index (χ0n) is 15.3. The summed E-state index contributed by atoms with van der Waals surface area (Å²) in [6.07, 6.45) is 2.08.